The number of ether oxygens (including phenoxy) is 2. The molecule has 0 aliphatic heterocycles. The van der Waals surface area contributed by atoms with Gasteiger partial charge in [0.1, 0.15) is 0 Å². The van der Waals surface area contributed by atoms with Crippen LogP contribution in [-0.2, 0) is 9.47 Å². The van der Waals surface area contributed by atoms with Crippen molar-refractivity contribution in [3.8, 4) is 0 Å². The Bertz CT molecular complexity index is 402. The Morgan fingerprint density at radius 3 is 2.65 bits per heavy atom. The lowest BCUT2D eigenvalue weighted by Crippen LogP contribution is -2.20. The van der Waals surface area contributed by atoms with Crippen molar-refractivity contribution in [2.24, 2.45) is 0 Å². The zero-order valence-electron chi connectivity index (χ0n) is 12.0. The number of carbonyl (C=O) groups excluding carboxylic acids is 1. The SMILES string of the molecule is C.CCCC(CCOC)c1ccn(N)c1C(=O)OCC. The van der Waals surface area contributed by atoms with Crippen LogP contribution in [0.4, 0.5) is 0 Å². The van der Waals surface area contributed by atoms with E-state index in [9.17, 15) is 4.79 Å². The van der Waals surface area contributed by atoms with Gasteiger partial charge in [-0.3, -0.25) is 4.68 Å². The number of nitrogens with zero attached hydrogens (tertiary/aromatic N) is 1. The van der Waals surface area contributed by atoms with Gasteiger partial charge >= 0.3 is 5.97 Å². The molecule has 0 aromatic carbocycles. The van der Waals surface area contributed by atoms with Crippen LogP contribution in [0.15, 0.2) is 12.3 Å². The van der Waals surface area contributed by atoms with Crippen molar-refractivity contribution in [2.45, 2.75) is 46.5 Å². The quantitative estimate of drug-likeness (QED) is 0.589. The minimum absolute atomic E-state index is 0. The fraction of sp³-hybridized carbons (Fsp3) is 0.667. The molecule has 0 saturated heterocycles. The fourth-order valence-electron chi connectivity index (χ4n) is 2.28. The van der Waals surface area contributed by atoms with Gasteiger partial charge in [-0.2, -0.15) is 0 Å². The number of nitrogen functional groups attached to an aromatic ring is 1. The molecule has 5 nitrogen and oxygen atoms in total. The summed E-state index contributed by atoms with van der Waals surface area (Å²) >= 11 is 0. The van der Waals surface area contributed by atoms with Gasteiger partial charge in [0.05, 0.1) is 6.61 Å². The Morgan fingerprint density at radius 2 is 2.10 bits per heavy atom. The van der Waals surface area contributed by atoms with Gasteiger partial charge in [0, 0.05) is 19.9 Å². The predicted molar refractivity (Wildman–Crippen MR) is 81.4 cm³/mol. The van der Waals surface area contributed by atoms with Crippen molar-refractivity contribution in [1.29, 1.82) is 0 Å². The van der Waals surface area contributed by atoms with Gasteiger partial charge in [0.2, 0.25) is 0 Å². The van der Waals surface area contributed by atoms with Crippen molar-refractivity contribution in [2.75, 3.05) is 26.2 Å². The summed E-state index contributed by atoms with van der Waals surface area (Å²) < 4.78 is 11.6. The van der Waals surface area contributed by atoms with Crippen LogP contribution in [0.5, 0.6) is 0 Å². The number of nitrogens with two attached hydrogens (primary N) is 1. The minimum Gasteiger partial charge on any atom is -0.461 e. The molecule has 1 heterocycles. The molecular formula is C15H28N2O3. The van der Waals surface area contributed by atoms with Gasteiger partial charge in [-0.1, -0.05) is 20.8 Å². The Morgan fingerprint density at radius 1 is 1.40 bits per heavy atom. The molecule has 2 N–H and O–H groups in total. The maximum Gasteiger partial charge on any atom is 0.357 e. The molecule has 0 aliphatic carbocycles. The molecule has 0 fully saturated rings. The average molecular weight is 284 g/mol. The summed E-state index contributed by atoms with van der Waals surface area (Å²) in [4.78, 5) is 12.0. The molecule has 1 unspecified atom stereocenters. The van der Waals surface area contributed by atoms with Crippen LogP contribution < -0.4 is 5.84 Å². The summed E-state index contributed by atoms with van der Waals surface area (Å²) in [5.41, 5.74) is 1.41. The van der Waals surface area contributed by atoms with Gasteiger partial charge in [0.25, 0.3) is 0 Å². The summed E-state index contributed by atoms with van der Waals surface area (Å²) in [6, 6.07) is 1.90. The molecule has 0 saturated carbocycles. The first-order valence-electron chi connectivity index (χ1n) is 6.78. The van der Waals surface area contributed by atoms with E-state index in [0.717, 1.165) is 24.8 Å². The van der Waals surface area contributed by atoms with E-state index >= 15 is 0 Å². The second-order valence-electron chi connectivity index (χ2n) is 4.51. The molecule has 1 atom stereocenters. The number of aromatic nitrogens is 1. The number of carbonyl (C=O) groups is 1. The summed E-state index contributed by atoms with van der Waals surface area (Å²) in [6.45, 7) is 4.93. The Balaban J connectivity index is 0.00000361. The second-order valence-corrected chi connectivity index (χ2v) is 4.51. The van der Waals surface area contributed by atoms with Crippen molar-refractivity contribution in [3.05, 3.63) is 23.5 Å². The van der Waals surface area contributed by atoms with Crippen LogP contribution in [0.1, 0.15) is 62.5 Å². The standard InChI is InChI=1S/C14H24N2O3.CH4/c1-4-6-11(8-10-18-3)12-7-9-16(15)13(12)14(17)19-5-2;/h7,9,11H,4-6,8,10,15H2,1-3H3;1H4. The largest absolute Gasteiger partial charge is 0.461 e. The third-order valence-corrected chi connectivity index (χ3v) is 3.16. The zero-order chi connectivity index (χ0) is 14.3. The van der Waals surface area contributed by atoms with Crippen LogP contribution in [-0.4, -0.2) is 31.0 Å². The zero-order valence-corrected chi connectivity index (χ0v) is 12.0. The van der Waals surface area contributed by atoms with Crippen LogP contribution in [0.3, 0.4) is 0 Å². The van der Waals surface area contributed by atoms with E-state index in [1.807, 2.05) is 6.07 Å². The van der Waals surface area contributed by atoms with E-state index in [1.165, 1.54) is 4.68 Å². The molecule has 0 amide bonds. The molecule has 1 aromatic heterocycles. The van der Waals surface area contributed by atoms with Crippen LogP contribution in [0.25, 0.3) is 0 Å². The normalized spacial score (nSPS) is 11.8. The first-order valence-corrected chi connectivity index (χ1v) is 6.78. The molecule has 20 heavy (non-hydrogen) atoms. The number of esters is 1. The lowest BCUT2D eigenvalue weighted by Gasteiger charge is -2.17. The van der Waals surface area contributed by atoms with Gasteiger partial charge < -0.3 is 15.3 Å². The van der Waals surface area contributed by atoms with Crippen molar-refractivity contribution >= 4 is 5.97 Å². The Hall–Kier alpha value is -1.49. The van der Waals surface area contributed by atoms with E-state index < -0.39 is 0 Å². The predicted octanol–water partition coefficient (Wildman–Crippen LogP) is 2.93. The highest BCUT2D eigenvalue weighted by molar-refractivity contribution is 5.89. The maximum absolute atomic E-state index is 12.0. The third-order valence-electron chi connectivity index (χ3n) is 3.16. The highest BCUT2D eigenvalue weighted by Gasteiger charge is 2.23. The summed E-state index contributed by atoms with van der Waals surface area (Å²) in [7, 11) is 1.68. The van der Waals surface area contributed by atoms with Crippen molar-refractivity contribution in [1.82, 2.24) is 4.68 Å². The topological polar surface area (TPSA) is 66.5 Å². The summed E-state index contributed by atoms with van der Waals surface area (Å²) in [5.74, 6) is 5.73. The first kappa shape index (κ1) is 18.5. The highest BCUT2D eigenvalue weighted by Crippen LogP contribution is 2.28. The molecule has 1 aromatic rings. The molecular weight excluding hydrogens is 256 g/mol. The molecule has 5 heteroatoms. The highest BCUT2D eigenvalue weighted by atomic mass is 16.5. The molecule has 0 spiro atoms. The lowest BCUT2D eigenvalue weighted by atomic mass is 9.91. The van der Waals surface area contributed by atoms with Crippen LogP contribution in [0.2, 0.25) is 0 Å². The van der Waals surface area contributed by atoms with Gasteiger partial charge in [-0.05, 0) is 37.3 Å². The monoisotopic (exact) mass is 284 g/mol. The fourth-order valence-corrected chi connectivity index (χ4v) is 2.28. The van der Waals surface area contributed by atoms with Gasteiger partial charge in [-0.15, -0.1) is 0 Å². The van der Waals surface area contributed by atoms with E-state index in [-0.39, 0.29) is 19.3 Å². The first-order chi connectivity index (χ1) is 9.15. The van der Waals surface area contributed by atoms with Crippen molar-refractivity contribution in [3.63, 3.8) is 0 Å². The number of rotatable bonds is 8. The summed E-state index contributed by atoms with van der Waals surface area (Å²) in [5, 5.41) is 0. The lowest BCUT2D eigenvalue weighted by molar-refractivity contribution is 0.0513. The maximum atomic E-state index is 12.0. The van der Waals surface area contributed by atoms with Crippen LogP contribution in [0, 0.1) is 0 Å². The minimum atomic E-state index is -0.358. The van der Waals surface area contributed by atoms with E-state index in [2.05, 4.69) is 6.92 Å². The molecule has 0 aliphatic rings. The second kappa shape index (κ2) is 9.42. The van der Waals surface area contributed by atoms with Crippen LogP contribution >= 0.6 is 0 Å². The van der Waals surface area contributed by atoms with Crippen molar-refractivity contribution < 1.29 is 14.3 Å². The molecule has 1 rings (SSSR count). The average Bonchev–Trinajstić information content (AvgIpc) is 2.76. The Labute approximate surface area is 122 Å². The van der Waals surface area contributed by atoms with Gasteiger partial charge in [0.15, 0.2) is 5.69 Å². The smallest absolute Gasteiger partial charge is 0.357 e. The van der Waals surface area contributed by atoms with Gasteiger partial charge in [-0.25, -0.2) is 4.79 Å². The molecule has 0 radical (unpaired) electrons. The number of methoxy groups -OCH3 is 1. The van der Waals surface area contributed by atoms with E-state index in [1.54, 1.807) is 20.2 Å². The number of hydrogen-bond acceptors (Lipinski definition) is 4. The molecule has 116 valence electrons. The summed E-state index contributed by atoms with van der Waals surface area (Å²) in [6.07, 6.45) is 4.63. The third kappa shape index (κ3) is 4.56. The Kier molecular flexibility index (Phi) is 8.72. The molecule has 0 bridgehead atoms. The number of hydrogen-bond donors (Lipinski definition) is 1. The van der Waals surface area contributed by atoms with E-state index in [0.29, 0.717) is 18.9 Å². The van der Waals surface area contributed by atoms with E-state index in [4.69, 9.17) is 15.3 Å².